The van der Waals surface area contributed by atoms with E-state index in [9.17, 15) is 0 Å². The molecule has 112 valence electrons. The van der Waals surface area contributed by atoms with E-state index >= 15 is 0 Å². The maximum atomic E-state index is 6.08. The largest absolute Gasteiger partial charge is 0.492 e. The van der Waals surface area contributed by atoms with Gasteiger partial charge in [0.1, 0.15) is 12.4 Å². The molecule has 2 aliphatic heterocycles. The smallest absolute Gasteiger partial charge is 0.125 e. The molecule has 2 aromatic carbocycles. The lowest BCUT2D eigenvalue weighted by molar-refractivity contribution is 0.264. The van der Waals surface area contributed by atoms with Crippen LogP contribution in [0.2, 0.25) is 5.02 Å². The van der Waals surface area contributed by atoms with Crippen molar-refractivity contribution in [2.24, 2.45) is 0 Å². The number of fused-ring (bicyclic) bond motifs is 2. The summed E-state index contributed by atoms with van der Waals surface area (Å²) >= 11 is 6.08. The molecule has 4 rings (SSSR count). The first-order valence-corrected chi connectivity index (χ1v) is 8.03. The number of rotatable bonds is 2. The summed E-state index contributed by atoms with van der Waals surface area (Å²) < 4.78 is 5.91. The van der Waals surface area contributed by atoms with Crippen LogP contribution in [0, 0.1) is 0 Å². The fraction of sp³-hybridized carbons (Fsp3) is 0.263. The second-order valence-corrected chi connectivity index (χ2v) is 6.61. The summed E-state index contributed by atoms with van der Waals surface area (Å²) in [7, 11) is 0. The highest BCUT2D eigenvalue weighted by molar-refractivity contribution is 6.30. The molecule has 22 heavy (non-hydrogen) atoms. The topological polar surface area (TPSA) is 21.3 Å². The molecule has 1 N–H and O–H groups in total. The number of ether oxygens (including phenoxy) is 1. The quantitative estimate of drug-likeness (QED) is 0.902. The minimum absolute atomic E-state index is 0.0232. The van der Waals surface area contributed by atoms with E-state index in [1.165, 1.54) is 11.1 Å². The van der Waals surface area contributed by atoms with Gasteiger partial charge in [-0.2, -0.15) is 0 Å². The van der Waals surface area contributed by atoms with Crippen molar-refractivity contribution in [2.45, 2.75) is 24.3 Å². The summed E-state index contributed by atoms with van der Waals surface area (Å²) in [4.78, 5) is 0. The lowest BCUT2D eigenvalue weighted by atomic mass is 9.74. The van der Waals surface area contributed by atoms with Crippen molar-refractivity contribution in [1.29, 1.82) is 0 Å². The summed E-state index contributed by atoms with van der Waals surface area (Å²) in [6.45, 7) is 0.701. The van der Waals surface area contributed by atoms with E-state index in [1.54, 1.807) is 0 Å². The number of hydrogen-bond acceptors (Lipinski definition) is 2. The highest BCUT2D eigenvalue weighted by Crippen LogP contribution is 2.45. The Morgan fingerprint density at radius 2 is 2.05 bits per heavy atom. The van der Waals surface area contributed by atoms with Gasteiger partial charge >= 0.3 is 0 Å². The van der Waals surface area contributed by atoms with Gasteiger partial charge in [-0.25, -0.2) is 0 Å². The van der Waals surface area contributed by atoms with E-state index in [0.29, 0.717) is 12.6 Å². The van der Waals surface area contributed by atoms with Crippen molar-refractivity contribution < 1.29 is 4.74 Å². The molecule has 2 nitrogen and oxygen atoms in total. The Morgan fingerprint density at radius 3 is 2.91 bits per heavy atom. The molecule has 0 saturated heterocycles. The number of nitrogens with one attached hydrogen (secondary N) is 1. The molecule has 2 aromatic rings. The lowest BCUT2D eigenvalue weighted by Crippen LogP contribution is -2.41. The molecule has 1 spiro atoms. The Labute approximate surface area is 135 Å². The minimum Gasteiger partial charge on any atom is -0.492 e. The Hall–Kier alpha value is -1.93. The first-order valence-electron chi connectivity index (χ1n) is 7.66. The van der Waals surface area contributed by atoms with Gasteiger partial charge in [-0.15, -0.1) is 0 Å². The standard InChI is InChI=1S/C19H18ClNO/c20-15-6-7-17-18(11-15)22-13-19(17)8-9-21-16(12-19)10-14-4-2-1-3-5-14/h1-9,11,16,21H,10,12-13H2. The highest BCUT2D eigenvalue weighted by atomic mass is 35.5. The maximum Gasteiger partial charge on any atom is 0.125 e. The maximum absolute atomic E-state index is 6.08. The van der Waals surface area contributed by atoms with Gasteiger partial charge in [-0.05, 0) is 36.7 Å². The van der Waals surface area contributed by atoms with Gasteiger partial charge in [0.2, 0.25) is 0 Å². The molecule has 0 saturated carbocycles. The van der Waals surface area contributed by atoms with Crippen LogP contribution in [-0.2, 0) is 11.8 Å². The van der Waals surface area contributed by atoms with E-state index in [1.807, 2.05) is 12.1 Å². The third-order valence-corrected chi connectivity index (χ3v) is 4.87. The second-order valence-electron chi connectivity index (χ2n) is 6.18. The molecule has 2 unspecified atom stereocenters. The van der Waals surface area contributed by atoms with E-state index in [2.05, 4.69) is 54.0 Å². The fourth-order valence-corrected chi connectivity index (χ4v) is 3.72. The van der Waals surface area contributed by atoms with Crippen LogP contribution in [0.4, 0.5) is 0 Å². The van der Waals surface area contributed by atoms with Crippen LogP contribution in [0.15, 0.2) is 60.8 Å². The third kappa shape index (κ3) is 2.38. The van der Waals surface area contributed by atoms with Gasteiger partial charge in [-0.1, -0.05) is 54.1 Å². The van der Waals surface area contributed by atoms with E-state index < -0.39 is 0 Å². The fourth-order valence-electron chi connectivity index (χ4n) is 3.56. The molecule has 2 heterocycles. The molecule has 3 heteroatoms. The Balaban J connectivity index is 1.60. The van der Waals surface area contributed by atoms with Gasteiger partial charge in [-0.3, -0.25) is 0 Å². The molecular weight excluding hydrogens is 294 g/mol. The zero-order valence-corrected chi connectivity index (χ0v) is 13.0. The zero-order valence-electron chi connectivity index (χ0n) is 12.3. The predicted octanol–water partition coefficient (Wildman–Crippen LogP) is 4.09. The van der Waals surface area contributed by atoms with Crippen molar-refractivity contribution >= 4 is 11.6 Å². The van der Waals surface area contributed by atoms with Gasteiger partial charge in [0.15, 0.2) is 0 Å². The molecule has 2 atom stereocenters. The van der Waals surface area contributed by atoms with Crippen LogP contribution in [0.3, 0.4) is 0 Å². The van der Waals surface area contributed by atoms with Crippen LogP contribution in [-0.4, -0.2) is 12.6 Å². The van der Waals surface area contributed by atoms with Crippen LogP contribution >= 0.6 is 11.6 Å². The Kier molecular flexibility index (Phi) is 3.34. The molecule has 0 fully saturated rings. The van der Waals surface area contributed by atoms with Crippen molar-refractivity contribution in [1.82, 2.24) is 5.32 Å². The highest BCUT2D eigenvalue weighted by Gasteiger charge is 2.41. The minimum atomic E-state index is -0.0232. The van der Waals surface area contributed by atoms with Crippen molar-refractivity contribution in [3.63, 3.8) is 0 Å². The summed E-state index contributed by atoms with van der Waals surface area (Å²) in [6.07, 6.45) is 6.39. The lowest BCUT2D eigenvalue weighted by Gasteiger charge is -2.34. The SMILES string of the molecule is Clc1ccc2c(c1)OCC21C=CNC(Cc2ccccc2)C1. The Morgan fingerprint density at radius 1 is 1.18 bits per heavy atom. The summed E-state index contributed by atoms with van der Waals surface area (Å²) in [5.41, 5.74) is 2.60. The van der Waals surface area contributed by atoms with Gasteiger partial charge in [0.25, 0.3) is 0 Å². The van der Waals surface area contributed by atoms with Crippen molar-refractivity contribution in [3.8, 4) is 5.75 Å². The molecule has 0 aromatic heterocycles. The number of hydrogen-bond donors (Lipinski definition) is 1. The molecular formula is C19H18ClNO. The average Bonchev–Trinajstić information content (AvgIpc) is 2.86. The first-order chi connectivity index (χ1) is 10.8. The second kappa shape index (κ2) is 5.36. The van der Waals surface area contributed by atoms with Gasteiger partial charge < -0.3 is 10.1 Å². The van der Waals surface area contributed by atoms with Crippen LogP contribution < -0.4 is 10.1 Å². The van der Waals surface area contributed by atoms with Crippen molar-refractivity contribution in [2.75, 3.05) is 6.61 Å². The van der Waals surface area contributed by atoms with Crippen molar-refractivity contribution in [3.05, 3.63) is 77.0 Å². The monoisotopic (exact) mass is 311 g/mol. The average molecular weight is 312 g/mol. The summed E-state index contributed by atoms with van der Waals surface area (Å²) in [6, 6.07) is 17.0. The Bertz CT molecular complexity index is 713. The normalized spacial score (nSPS) is 25.6. The number of halogens is 1. The number of benzene rings is 2. The van der Waals surface area contributed by atoms with Gasteiger partial charge in [0, 0.05) is 16.6 Å². The van der Waals surface area contributed by atoms with Crippen LogP contribution in [0.25, 0.3) is 0 Å². The molecule has 0 bridgehead atoms. The molecule has 2 aliphatic rings. The molecule has 0 amide bonds. The van der Waals surface area contributed by atoms with Crippen LogP contribution in [0.5, 0.6) is 5.75 Å². The van der Waals surface area contributed by atoms with Crippen LogP contribution in [0.1, 0.15) is 17.5 Å². The first kappa shape index (κ1) is 13.7. The predicted molar refractivity (Wildman–Crippen MR) is 89.5 cm³/mol. The molecule has 0 aliphatic carbocycles. The van der Waals surface area contributed by atoms with E-state index in [0.717, 1.165) is 23.6 Å². The van der Waals surface area contributed by atoms with E-state index in [-0.39, 0.29) is 5.41 Å². The summed E-state index contributed by atoms with van der Waals surface area (Å²) in [5.74, 6) is 0.928. The molecule has 0 radical (unpaired) electrons. The summed E-state index contributed by atoms with van der Waals surface area (Å²) in [5, 5.41) is 4.23. The van der Waals surface area contributed by atoms with E-state index in [4.69, 9.17) is 16.3 Å². The van der Waals surface area contributed by atoms with Gasteiger partial charge in [0.05, 0.1) is 5.41 Å². The third-order valence-electron chi connectivity index (χ3n) is 4.64. The zero-order chi connectivity index (χ0) is 15.0.